The van der Waals surface area contributed by atoms with Gasteiger partial charge in [-0.1, -0.05) is 50.2 Å². The van der Waals surface area contributed by atoms with Crippen LogP contribution < -0.4 is 9.47 Å². The van der Waals surface area contributed by atoms with Crippen molar-refractivity contribution in [1.29, 1.82) is 10.5 Å². The average molecular weight is 268 g/mol. The molecule has 2 rings (SSSR count). The Morgan fingerprint density at radius 1 is 0.650 bits per heavy atom. The van der Waals surface area contributed by atoms with E-state index >= 15 is 0 Å². The minimum atomic E-state index is 0.583. The van der Waals surface area contributed by atoms with Crippen molar-refractivity contribution in [3.05, 3.63) is 60.7 Å². The molecule has 0 radical (unpaired) electrons. The van der Waals surface area contributed by atoms with Crippen molar-refractivity contribution >= 4 is 0 Å². The Kier molecular flexibility index (Phi) is 10.6. The molecule has 0 saturated heterocycles. The second kappa shape index (κ2) is 12.5. The minimum absolute atomic E-state index is 0.583. The Labute approximate surface area is 119 Å². The maximum atomic E-state index is 8.05. The fourth-order valence-electron chi connectivity index (χ4n) is 1.08. The van der Waals surface area contributed by atoms with Crippen LogP contribution in [0.5, 0.6) is 11.5 Å². The maximum absolute atomic E-state index is 8.05. The monoisotopic (exact) mass is 268 g/mol. The number of rotatable bonds is 2. The van der Waals surface area contributed by atoms with E-state index in [0.717, 1.165) is 0 Å². The van der Waals surface area contributed by atoms with Gasteiger partial charge in [0.1, 0.15) is 11.5 Å². The highest BCUT2D eigenvalue weighted by Gasteiger charge is 1.85. The summed E-state index contributed by atoms with van der Waals surface area (Å²) in [5, 5.41) is 16.1. The number of nitriles is 2. The van der Waals surface area contributed by atoms with Gasteiger partial charge in [-0.25, -0.2) is 0 Å². The normalized spacial score (nSPS) is 7.40. The minimum Gasteiger partial charge on any atom is -0.388 e. The van der Waals surface area contributed by atoms with E-state index < -0.39 is 0 Å². The molecule has 4 heteroatoms. The quantitative estimate of drug-likeness (QED) is 0.768. The molecule has 0 aliphatic rings. The SMILES string of the molecule is CC.N#COc1ccccc1.N#COc1ccccc1. The molecule has 0 bridgehead atoms. The van der Waals surface area contributed by atoms with Crippen molar-refractivity contribution in [2.24, 2.45) is 0 Å². The number of benzene rings is 2. The van der Waals surface area contributed by atoms with Gasteiger partial charge in [-0.3, -0.25) is 0 Å². The summed E-state index contributed by atoms with van der Waals surface area (Å²) >= 11 is 0. The van der Waals surface area contributed by atoms with Crippen LogP contribution in [0.4, 0.5) is 0 Å². The van der Waals surface area contributed by atoms with Crippen molar-refractivity contribution in [3.63, 3.8) is 0 Å². The van der Waals surface area contributed by atoms with Crippen LogP contribution in [0.3, 0.4) is 0 Å². The molecule has 0 aliphatic carbocycles. The van der Waals surface area contributed by atoms with Crippen LogP contribution in [0.1, 0.15) is 13.8 Å². The summed E-state index contributed by atoms with van der Waals surface area (Å²) < 4.78 is 9.02. The summed E-state index contributed by atoms with van der Waals surface area (Å²) in [7, 11) is 0. The summed E-state index contributed by atoms with van der Waals surface area (Å²) in [6, 6.07) is 17.9. The van der Waals surface area contributed by atoms with Gasteiger partial charge in [0.2, 0.25) is 0 Å². The number of hydrogen-bond donors (Lipinski definition) is 0. The van der Waals surface area contributed by atoms with E-state index in [0.29, 0.717) is 11.5 Å². The fourth-order valence-corrected chi connectivity index (χ4v) is 1.08. The molecule has 0 fully saturated rings. The third-order valence-electron chi connectivity index (χ3n) is 1.81. The molecular formula is C16H16N2O2. The molecule has 0 aliphatic heterocycles. The number of hydrogen-bond acceptors (Lipinski definition) is 4. The lowest BCUT2D eigenvalue weighted by molar-refractivity contribution is 0.507. The van der Waals surface area contributed by atoms with Gasteiger partial charge < -0.3 is 9.47 Å². The molecular weight excluding hydrogens is 252 g/mol. The van der Waals surface area contributed by atoms with Crippen molar-refractivity contribution in [3.8, 4) is 24.0 Å². The first kappa shape index (κ1) is 17.0. The van der Waals surface area contributed by atoms with Crippen molar-refractivity contribution in [2.75, 3.05) is 0 Å². The third kappa shape index (κ3) is 8.16. The van der Waals surface area contributed by atoms with Crippen LogP contribution in [0.25, 0.3) is 0 Å². The molecule has 0 atom stereocenters. The van der Waals surface area contributed by atoms with E-state index in [9.17, 15) is 0 Å². The molecule has 0 spiro atoms. The molecule has 0 N–H and O–H groups in total. The van der Waals surface area contributed by atoms with Gasteiger partial charge >= 0.3 is 0 Å². The second-order valence-electron chi connectivity index (χ2n) is 3.01. The van der Waals surface area contributed by atoms with Crippen LogP contribution in [0.15, 0.2) is 60.7 Å². The predicted octanol–water partition coefficient (Wildman–Crippen LogP) is 4.12. The first-order chi connectivity index (χ1) is 9.86. The zero-order valence-corrected chi connectivity index (χ0v) is 11.5. The van der Waals surface area contributed by atoms with Crippen molar-refractivity contribution in [1.82, 2.24) is 0 Å². The number of para-hydroxylation sites is 2. The number of ether oxygens (including phenoxy) is 2. The van der Waals surface area contributed by atoms with Gasteiger partial charge in [0.05, 0.1) is 0 Å². The fraction of sp³-hybridized carbons (Fsp3) is 0.125. The van der Waals surface area contributed by atoms with Gasteiger partial charge in [-0.2, -0.15) is 0 Å². The van der Waals surface area contributed by atoms with Crippen molar-refractivity contribution < 1.29 is 9.47 Å². The van der Waals surface area contributed by atoms with E-state index in [4.69, 9.17) is 10.5 Å². The van der Waals surface area contributed by atoms with Crippen LogP contribution in [0, 0.1) is 23.0 Å². The van der Waals surface area contributed by atoms with Crippen molar-refractivity contribution in [2.45, 2.75) is 13.8 Å². The first-order valence-electron chi connectivity index (χ1n) is 6.09. The predicted molar refractivity (Wildman–Crippen MR) is 76.7 cm³/mol. The molecule has 20 heavy (non-hydrogen) atoms. The zero-order chi connectivity index (χ0) is 15.1. The first-order valence-corrected chi connectivity index (χ1v) is 6.09. The Bertz CT molecular complexity index is 476. The molecule has 2 aromatic rings. The Balaban J connectivity index is 0.000000321. The maximum Gasteiger partial charge on any atom is 0.292 e. The average Bonchev–Trinajstić information content (AvgIpc) is 2.53. The summed E-state index contributed by atoms with van der Waals surface area (Å²) in [6.45, 7) is 4.00. The Hall–Kier alpha value is -2.98. The molecule has 102 valence electrons. The van der Waals surface area contributed by atoms with Gasteiger partial charge in [-0.15, -0.1) is 10.5 Å². The highest BCUT2D eigenvalue weighted by molar-refractivity contribution is 5.22. The van der Waals surface area contributed by atoms with Gasteiger partial charge in [0, 0.05) is 0 Å². The molecule has 4 nitrogen and oxygen atoms in total. The Morgan fingerprint density at radius 3 is 1.20 bits per heavy atom. The summed E-state index contributed by atoms with van der Waals surface area (Å²) in [5.41, 5.74) is 0. The van der Waals surface area contributed by atoms with Crippen LogP contribution in [-0.4, -0.2) is 0 Å². The van der Waals surface area contributed by atoms with Gasteiger partial charge in [0.25, 0.3) is 12.5 Å². The molecule has 0 heterocycles. The van der Waals surface area contributed by atoms with Crippen LogP contribution in [-0.2, 0) is 0 Å². The lowest BCUT2D eigenvalue weighted by atomic mass is 10.3. The lowest BCUT2D eigenvalue weighted by Gasteiger charge is -1.89. The Morgan fingerprint density at radius 2 is 0.950 bits per heavy atom. The molecule has 0 saturated carbocycles. The van der Waals surface area contributed by atoms with E-state index in [1.807, 2.05) is 50.2 Å². The van der Waals surface area contributed by atoms with E-state index in [1.165, 1.54) is 0 Å². The smallest absolute Gasteiger partial charge is 0.292 e. The highest BCUT2D eigenvalue weighted by Crippen LogP contribution is 2.07. The van der Waals surface area contributed by atoms with Crippen LogP contribution >= 0.6 is 0 Å². The van der Waals surface area contributed by atoms with E-state index in [1.54, 1.807) is 36.8 Å². The standard InChI is InChI=1S/2C7H5NO.C2H6/c2*8-6-9-7-4-2-1-3-5-7;1-2/h2*1-5H;1-2H3. The third-order valence-corrected chi connectivity index (χ3v) is 1.81. The number of nitrogens with zero attached hydrogens (tertiary/aromatic N) is 2. The largest absolute Gasteiger partial charge is 0.388 e. The molecule has 0 aromatic heterocycles. The molecule has 0 amide bonds. The summed E-state index contributed by atoms with van der Waals surface area (Å²) in [4.78, 5) is 0. The second-order valence-corrected chi connectivity index (χ2v) is 3.01. The van der Waals surface area contributed by atoms with Gasteiger partial charge in [-0.05, 0) is 24.3 Å². The summed E-state index contributed by atoms with van der Waals surface area (Å²) in [5.74, 6) is 1.17. The zero-order valence-electron chi connectivity index (χ0n) is 11.5. The lowest BCUT2D eigenvalue weighted by Crippen LogP contribution is -1.78. The van der Waals surface area contributed by atoms with Gasteiger partial charge in [0.15, 0.2) is 0 Å². The van der Waals surface area contributed by atoms with Crippen LogP contribution in [0.2, 0.25) is 0 Å². The molecule has 2 aromatic carbocycles. The molecule has 0 unspecified atom stereocenters. The van der Waals surface area contributed by atoms with E-state index in [2.05, 4.69) is 9.47 Å². The topological polar surface area (TPSA) is 66.0 Å². The highest BCUT2D eigenvalue weighted by atomic mass is 16.5. The van der Waals surface area contributed by atoms with E-state index in [-0.39, 0.29) is 0 Å². The summed E-state index contributed by atoms with van der Waals surface area (Å²) in [6.07, 6.45) is 3.17.